The Kier molecular flexibility index (Phi) is 5.29. The minimum Gasteiger partial charge on any atom is -0.266 e. The quantitative estimate of drug-likeness (QED) is 0.389. The molecule has 0 unspecified atom stereocenters. The Morgan fingerprint density at radius 1 is 0.929 bits per heavy atom. The van der Waals surface area contributed by atoms with Crippen molar-refractivity contribution in [1.82, 2.24) is 0 Å². The van der Waals surface area contributed by atoms with Crippen LogP contribution in [-0.4, -0.2) is 11.7 Å². The number of benzene rings is 3. The number of aliphatic imine (C=N–C) groups is 1. The first-order chi connectivity index (χ1) is 13.5. The average Bonchev–Trinajstić information content (AvgIpc) is 3.00. The van der Waals surface area contributed by atoms with Crippen LogP contribution in [0.1, 0.15) is 16.7 Å². The number of amidine groups is 1. The molecule has 4 rings (SSSR count). The van der Waals surface area contributed by atoms with E-state index >= 15 is 0 Å². The normalized spacial score (nSPS) is 15.2. The van der Waals surface area contributed by atoms with Crippen LogP contribution in [0, 0.1) is 6.92 Å². The number of nitrogens with zero attached hydrogens (tertiary/aromatic N) is 2. The molecule has 0 spiro atoms. The van der Waals surface area contributed by atoms with Gasteiger partial charge in [-0.3, -0.25) is 9.69 Å². The van der Waals surface area contributed by atoms with Crippen LogP contribution in [0.15, 0.2) is 92.4 Å². The van der Waals surface area contributed by atoms with Crippen molar-refractivity contribution in [2.24, 2.45) is 4.99 Å². The molecule has 3 aromatic rings. The van der Waals surface area contributed by atoms with Crippen molar-refractivity contribution < 1.29 is 4.79 Å². The SMILES string of the molecule is Cc1ccc(/C=C2/N=C(c3ccccc3Br)N(c3cccc(Br)c3)C2=O)cc1. The van der Waals surface area contributed by atoms with Crippen molar-refractivity contribution in [1.29, 1.82) is 0 Å². The van der Waals surface area contributed by atoms with E-state index in [1.54, 1.807) is 4.90 Å². The standard InChI is InChI=1S/C23H16Br2N2O/c1-15-9-11-16(12-10-15)13-21-23(28)27(18-6-4-5-17(24)14-18)22(26-21)19-7-2-3-8-20(19)25/h2-14H,1H3/b21-13+. The molecule has 0 atom stereocenters. The lowest BCUT2D eigenvalue weighted by Gasteiger charge is -2.19. The van der Waals surface area contributed by atoms with Gasteiger partial charge in [0, 0.05) is 14.5 Å². The van der Waals surface area contributed by atoms with E-state index in [1.165, 1.54) is 5.56 Å². The second-order valence-corrected chi connectivity index (χ2v) is 8.25. The molecule has 1 aliphatic rings. The Morgan fingerprint density at radius 2 is 1.68 bits per heavy atom. The van der Waals surface area contributed by atoms with Gasteiger partial charge < -0.3 is 0 Å². The molecular formula is C23H16Br2N2O. The highest BCUT2D eigenvalue weighted by atomic mass is 79.9. The number of carbonyl (C=O) groups excluding carboxylic acids is 1. The summed E-state index contributed by atoms with van der Waals surface area (Å²) in [4.78, 5) is 19.7. The Hall–Kier alpha value is -2.50. The molecule has 0 aliphatic carbocycles. The monoisotopic (exact) mass is 494 g/mol. The second kappa shape index (κ2) is 7.86. The average molecular weight is 496 g/mol. The van der Waals surface area contributed by atoms with Gasteiger partial charge in [0.1, 0.15) is 11.5 Å². The molecule has 1 amide bonds. The molecule has 0 saturated heterocycles. The number of anilines is 1. The predicted octanol–water partition coefficient (Wildman–Crippen LogP) is 6.35. The fourth-order valence-corrected chi connectivity index (χ4v) is 3.86. The molecule has 0 aromatic heterocycles. The highest BCUT2D eigenvalue weighted by Gasteiger charge is 2.33. The number of halogens is 2. The van der Waals surface area contributed by atoms with Crippen LogP contribution in [0.25, 0.3) is 6.08 Å². The van der Waals surface area contributed by atoms with E-state index in [4.69, 9.17) is 4.99 Å². The molecule has 138 valence electrons. The van der Waals surface area contributed by atoms with Gasteiger partial charge in [-0.15, -0.1) is 0 Å². The van der Waals surface area contributed by atoms with E-state index < -0.39 is 0 Å². The lowest BCUT2D eigenvalue weighted by molar-refractivity contribution is -0.113. The summed E-state index contributed by atoms with van der Waals surface area (Å²) in [6, 6.07) is 23.5. The molecular weight excluding hydrogens is 480 g/mol. The smallest absolute Gasteiger partial charge is 0.266 e. The van der Waals surface area contributed by atoms with Gasteiger partial charge in [0.2, 0.25) is 0 Å². The molecule has 3 nitrogen and oxygen atoms in total. The number of aryl methyl sites for hydroxylation is 1. The molecule has 0 bridgehead atoms. The largest absolute Gasteiger partial charge is 0.282 e. The van der Waals surface area contributed by atoms with Gasteiger partial charge >= 0.3 is 0 Å². The number of amides is 1. The van der Waals surface area contributed by atoms with E-state index in [9.17, 15) is 4.79 Å². The first kappa shape index (κ1) is 18.8. The van der Waals surface area contributed by atoms with E-state index in [0.717, 1.165) is 25.8 Å². The van der Waals surface area contributed by atoms with Crippen LogP contribution < -0.4 is 4.90 Å². The van der Waals surface area contributed by atoms with Crippen molar-refractivity contribution in [3.8, 4) is 0 Å². The van der Waals surface area contributed by atoms with Crippen molar-refractivity contribution in [2.75, 3.05) is 4.90 Å². The molecule has 28 heavy (non-hydrogen) atoms. The highest BCUT2D eigenvalue weighted by molar-refractivity contribution is 9.10. The Labute approximate surface area is 180 Å². The number of carbonyl (C=O) groups is 1. The van der Waals surface area contributed by atoms with Crippen LogP contribution in [0.4, 0.5) is 5.69 Å². The molecule has 0 N–H and O–H groups in total. The first-order valence-corrected chi connectivity index (χ1v) is 10.3. The third-order valence-corrected chi connectivity index (χ3v) is 5.61. The Morgan fingerprint density at radius 3 is 2.39 bits per heavy atom. The summed E-state index contributed by atoms with van der Waals surface area (Å²) in [5, 5.41) is 0. The topological polar surface area (TPSA) is 32.7 Å². The minimum absolute atomic E-state index is 0.149. The first-order valence-electron chi connectivity index (χ1n) is 8.75. The summed E-state index contributed by atoms with van der Waals surface area (Å²) in [5.74, 6) is 0.457. The summed E-state index contributed by atoms with van der Waals surface area (Å²) in [7, 11) is 0. The van der Waals surface area contributed by atoms with E-state index in [1.807, 2.05) is 85.8 Å². The van der Waals surface area contributed by atoms with E-state index in [0.29, 0.717) is 11.5 Å². The van der Waals surface area contributed by atoms with Gasteiger partial charge in [0.15, 0.2) is 0 Å². The maximum absolute atomic E-state index is 13.3. The van der Waals surface area contributed by atoms with Crippen molar-refractivity contribution in [2.45, 2.75) is 6.92 Å². The molecule has 5 heteroatoms. The van der Waals surface area contributed by atoms with Crippen LogP contribution in [0.2, 0.25) is 0 Å². The fraction of sp³-hybridized carbons (Fsp3) is 0.0435. The highest BCUT2D eigenvalue weighted by Crippen LogP contribution is 2.31. The van der Waals surface area contributed by atoms with Crippen molar-refractivity contribution in [3.63, 3.8) is 0 Å². The van der Waals surface area contributed by atoms with E-state index in [2.05, 4.69) is 31.9 Å². The molecule has 1 heterocycles. The van der Waals surface area contributed by atoms with Crippen LogP contribution in [0.5, 0.6) is 0 Å². The van der Waals surface area contributed by atoms with Gasteiger partial charge in [-0.1, -0.05) is 86.0 Å². The van der Waals surface area contributed by atoms with Gasteiger partial charge in [-0.05, 0) is 42.8 Å². The number of hydrogen-bond acceptors (Lipinski definition) is 2. The summed E-state index contributed by atoms with van der Waals surface area (Å²) in [6.07, 6.45) is 1.83. The zero-order valence-electron chi connectivity index (χ0n) is 15.1. The number of hydrogen-bond donors (Lipinski definition) is 0. The minimum atomic E-state index is -0.149. The molecule has 1 aliphatic heterocycles. The van der Waals surface area contributed by atoms with Gasteiger partial charge in [0.05, 0.1) is 5.69 Å². The Bertz CT molecular complexity index is 1120. The van der Waals surface area contributed by atoms with Crippen molar-refractivity contribution in [3.05, 3.63) is 104 Å². The van der Waals surface area contributed by atoms with Gasteiger partial charge in [-0.2, -0.15) is 0 Å². The summed E-state index contributed by atoms with van der Waals surface area (Å²) in [6.45, 7) is 2.04. The van der Waals surface area contributed by atoms with Crippen LogP contribution in [0.3, 0.4) is 0 Å². The Balaban J connectivity index is 1.85. The van der Waals surface area contributed by atoms with E-state index in [-0.39, 0.29) is 5.91 Å². The zero-order chi connectivity index (χ0) is 19.7. The lowest BCUT2D eigenvalue weighted by atomic mass is 10.1. The van der Waals surface area contributed by atoms with Gasteiger partial charge in [-0.25, -0.2) is 4.99 Å². The number of rotatable bonds is 3. The summed E-state index contributed by atoms with van der Waals surface area (Å²) < 4.78 is 1.79. The third-order valence-electron chi connectivity index (χ3n) is 4.42. The molecule has 0 radical (unpaired) electrons. The summed E-state index contributed by atoms with van der Waals surface area (Å²) in [5.41, 5.74) is 4.16. The zero-order valence-corrected chi connectivity index (χ0v) is 18.2. The molecule has 0 saturated carbocycles. The van der Waals surface area contributed by atoms with Crippen molar-refractivity contribution >= 4 is 55.4 Å². The predicted molar refractivity (Wildman–Crippen MR) is 121 cm³/mol. The third kappa shape index (κ3) is 3.73. The maximum Gasteiger partial charge on any atom is 0.282 e. The van der Waals surface area contributed by atoms with Crippen LogP contribution in [-0.2, 0) is 4.79 Å². The molecule has 0 fully saturated rings. The molecule has 3 aromatic carbocycles. The maximum atomic E-state index is 13.3. The summed E-state index contributed by atoms with van der Waals surface area (Å²) >= 11 is 7.08. The lowest BCUT2D eigenvalue weighted by Crippen LogP contribution is -2.32. The fourth-order valence-electron chi connectivity index (χ4n) is 3.02. The van der Waals surface area contributed by atoms with Gasteiger partial charge in [0.25, 0.3) is 5.91 Å². The second-order valence-electron chi connectivity index (χ2n) is 6.48. The van der Waals surface area contributed by atoms with Crippen LogP contribution >= 0.6 is 31.9 Å².